The molecule has 0 N–H and O–H groups in total. The van der Waals surface area contributed by atoms with E-state index in [9.17, 15) is 4.79 Å². The molecule has 0 radical (unpaired) electrons. The summed E-state index contributed by atoms with van der Waals surface area (Å²) < 4.78 is 6.01. The highest BCUT2D eigenvalue weighted by atomic mass is 32.1. The molecule has 27 heavy (non-hydrogen) atoms. The van der Waals surface area contributed by atoms with Crippen LogP contribution in [-0.2, 0) is 11.3 Å². The van der Waals surface area contributed by atoms with Crippen molar-refractivity contribution in [2.75, 3.05) is 13.1 Å². The molecule has 1 aromatic heterocycles. The van der Waals surface area contributed by atoms with Crippen LogP contribution in [0.2, 0.25) is 0 Å². The van der Waals surface area contributed by atoms with Crippen LogP contribution < -0.4 is 0 Å². The molecule has 4 rings (SSSR count). The summed E-state index contributed by atoms with van der Waals surface area (Å²) in [4.78, 5) is 19.2. The van der Waals surface area contributed by atoms with Gasteiger partial charge in [0, 0.05) is 24.0 Å². The third-order valence-electron chi connectivity index (χ3n) is 4.80. The summed E-state index contributed by atoms with van der Waals surface area (Å²) >= 11 is 1.52. The van der Waals surface area contributed by atoms with Gasteiger partial charge in [-0.25, -0.2) is 4.98 Å². The molecule has 1 aliphatic heterocycles. The predicted molar refractivity (Wildman–Crippen MR) is 108 cm³/mol. The van der Waals surface area contributed by atoms with Crippen LogP contribution in [0, 0.1) is 0 Å². The average Bonchev–Trinajstić information content (AvgIpc) is 3.24. The minimum absolute atomic E-state index is 0.0231. The van der Waals surface area contributed by atoms with Crippen molar-refractivity contribution in [3.8, 4) is 10.6 Å². The van der Waals surface area contributed by atoms with Gasteiger partial charge < -0.3 is 9.64 Å². The first kappa shape index (κ1) is 17.9. The molecule has 2 heterocycles. The molecule has 5 heteroatoms. The fraction of sp³-hybridized carbons (Fsp3) is 0.273. The van der Waals surface area contributed by atoms with Crippen molar-refractivity contribution in [1.82, 2.24) is 9.88 Å². The lowest BCUT2D eigenvalue weighted by atomic mass is 10.1. The number of carbonyl (C=O) groups is 1. The van der Waals surface area contributed by atoms with E-state index in [2.05, 4.69) is 17.1 Å². The van der Waals surface area contributed by atoms with Gasteiger partial charge in [0.15, 0.2) is 0 Å². The summed E-state index contributed by atoms with van der Waals surface area (Å²) in [6.45, 7) is 2.07. The lowest BCUT2D eigenvalue weighted by Gasteiger charge is -2.31. The second kappa shape index (κ2) is 8.46. The van der Waals surface area contributed by atoms with Gasteiger partial charge in [-0.3, -0.25) is 4.79 Å². The lowest BCUT2D eigenvalue weighted by molar-refractivity contribution is -0.000489. The molecule has 0 atom stereocenters. The molecular weight excluding hydrogens is 356 g/mol. The van der Waals surface area contributed by atoms with Gasteiger partial charge in [-0.15, -0.1) is 11.3 Å². The SMILES string of the molecule is O=C(c1csc(-c2ccccc2)n1)N1CCC(OCc2ccccc2)CC1. The van der Waals surface area contributed by atoms with Gasteiger partial charge in [-0.2, -0.15) is 0 Å². The monoisotopic (exact) mass is 378 g/mol. The molecule has 3 aromatic rings. The van der Waals surface area contributed by atoms with Crippen LogP contribution in [0.4, 0.5) is 0 Å². The third-order valence-corrected chi connectivity index (χ3v) is 5.69. The quantitative estimate of drug-likeness (QED) is 0.650. The van der Waals surface area contributed by atoms with E-state index in [0.717, 1.165) is 36.5 Å². The largest absolute Gasteiger partial charge is 0.373 e. The highest BCUT2D eigenvalue weighted by Crippen LogP contribution is 2.25. The molecular formula is C22H22N2O2S. The lowest BCUT2D eigenvalue weighted by Crippen LogP contribution is -2.41. The van der Waals surface area contributed by atoms with Crippen LogP contribution in [0.15, 0.2) is 66.0 Å². The highest BCUT2D eigenvalue weighted by Gasteiger charge is 2.25. The number of piperidine rings is 1. The smallest absolute Gasteiger partial charge is 0.273 e. The van der Waals surface area contributed by atoms with Gasteiger partial charge in [0.1, 0.15) is 10.7 Å². The summed E-state index contributed by atoms with van der Waals surface area (Å²) in [7, 11) is 0. The average molecular weight is 378 g/mol. The van der Waals surface area contributed by atoms with Gasteiger partial charge in [0.2, 0.25) is 0 Å². The number of hydrogen-bond donors (Lipinski definition) is 0. The number of hydrogen-bond acceptors (Lipinski definition) is 4. The maximum absolute atomic E-state index is 12.8. The van der Waals surface area contributed by atoms with Crippen molar-refractivity contribution < 1.29 is 9.53 Å². The van der Waals surface area contributed by atoms with Crippen LogP contribution in [0.25, 0.3) is 10.6 Å². The molecule has 1 amide bonds. The third kappa shape index (κ3) is 4.43. The van der Waals surface area contributed by atoms with E-state index in [1.165, 1.54) is 16.9 Å². The molecule has 0 unspecified atom stereocenters. The fourth-order valence-electron chi connectivity index (χ4n) is 3.26. The van der Waals surface area contributed by atoms with Crippen LogP contribution in [0.1, 0.15) is 28.9 Å². The zero-order valence-electron chi connectivity index (χ0n) is 15.1. The molecule has 138 valence electrons. The Morgan fingerprint density at radius 2 is 1.70 bits per heavy atom. The minimum atomic E-state index is 0.0231. The van der Waals surface area contributed by atoms with E-state index in [1.54, 1.807) is 0 Å². The van der Waals surface area contributed by atoms with Crippen LogP contribution in [0.3, 0.4) is 0 Å². The molecule has 0 bridgehead atoms. The van der Waals surface area contributed by atoms with E-state index in [-0.39, 0.29) is 12.0 Å². The second-order valence-electron chi connectivity index (χ2n) is 6.69. The number of benzene rings is 2. The maximum Gasteiger partial charge on any atom is 0.273 e. The summed E-state index contributed by atoms with van der Waals surface area (Å²) in [6, 6.07) is 20.2. The van der Waals surface area contributed by atoms with Crippen molar-refractivity contribution >= 4 is 17.2 Å². The molecule has 0 aliphatic carbocycles. The Bertz CT molecular complexity index is 872. The maximum atomic E-state index is 12.8. The minimum Gasteiger partial charge on any atom is -0.373 e. The molecule has 1 saturated heterocycles. The Balaban J connectivity index is 1.30. The van der Waals surface area contributed by atoms with E-state index >= 15 is 0 Å². The number of likely N-dealkylation sites (tertiary alicyclic amines) is 1. The van der Waals surface area contributed by atoms with Crippen molar-refractivity contribution in [3.63, 3.8) is 0 Å². The number of ether oxygens (including phenoxy) is 1. The predicted octanol–water partition coefficient (Wildman–Crippen LogP) is 4.63. The zero-order valence-corrected chi connectivity index (χ0v) is 15.9. The Kier molecular flexibility index (Phi) is 5.61. The number of nitrogens with zero attached hydrogens (tertiary/aromatic N) is 2. The molecule has 2 aromatic carbocycles. The summed E-state index contributed by atoms with van der Waals surface area (Å²) in [5, 5.41) is 2.75. The normalized spacial score (nSPS) is 15.0. The number of aromatic nitrogens is 1. The zero-order chi connectivity index (χ0) is 18.5. The number of thiazole rings is 1. The van der Waals surface area contributed by atoms with Gasteiger partial charge in [-0.05, 0) is 18.4 Å². The van der Waals surface area contributed by atoms with Crippen molar-refractivity contribution in [3.05, 3.63) is 77.3 Å². The first-order chi connectivity index (χ1) is 13.3. The summed E-state index contributed by atoms with van der Waals surface area (Å²) in [6.07, 6.45) is 1.95. The van der Waals surface area contributed by atoms with Crippen LogP contribution >= 0.6 is 11.3 Å². The van der Waals surface area contributed by atoms with Crippen molar-refractivity contribution in [1.29, 1.82) is 0 Å². The fourth-order valence-corrected chi connectivity index (χ4v) is 4.06. The van der Waals surface area contributed by atoms with Gasteiger partial charge in [0.25, 0.3) is 5.91 Å². The summed E-state index contributed by atoms with van der Waals surface area (Å²) in [5.74, 6) is 0.0231. The Hall–Kier alpha value is -2.50. The Morgan fingerprint density at radius 3 is 2.41 bits per heavy atom. The summed E-state index contributed by atoms with van der Waals surface area (Å²) in [5.41, 5.74) is 2.78. The Morgan fingerprint density at radius 1 is 1.04 bits per heavy atom. The highest BCUT2D eigenvalue weighted by molar-refractivity contribution is 7.13. The first-order valence-corrected chi connectivity index (χ1v) is 10.1. The molecule has 0 saturated carbocycles. The van der Waals surface area contributed by atoms with E-state index in [0.29, 0.717) is 12.3 Å². The second-order valence-corrected chi connectivity index (χ2v) is 7.55. The first-order valence-electron chi connectivity index (χ1n) is 9.25. The number of rotatable bonds is 5. The van der Waals surface area contributed by atoms with E-state index < -0.39 is 0 Å². The van der Waals surface area contributed by atoms with Crippen molar-refractivity contribution in [2.24, 2.45) is 0 Å². The molecule has 4 nitrogen and oxygen atoms in total. The van der Waals surface area contributed by atoms with Crippen LogP contribution in [0.5, 0.6) is 0 Å². The van der Waals surface area contributed by atoms with Gasteiger partial charge in [0.05, 0.1) is 12.7 Å². The Labute approximate surface area is 163 Å². The molecule has 0 spiro atoms. The molecule has 1 fully saturated rings. The standard InChI is InChI=1S/C22H22N2O2S/c25-22(20-16-27-21(23-20)18-9-5-2-6-10-18)24-13-11-19(12-14-24)26-15-17-7-3-1-4-8-17/h1-10,16,19H,11-15H2. The van der Waals surface area contributed by atoms with E-state index in [1.807, 2.05) is 58.8 Å². The number of carbonyl (C=O) groups excluding carboxylic acids is 1. The molecule has 1 aliphatic rings. The van der Waals surface area contributed by atoms with Crippen LogP contribution in [-0.4, -0.2) is 35.0 Å². The number of amides is 1. The van der Waals surface area contributed by atoms with Crippen molar-refractivity contribution in [2.45, 2.75) is 25.6 Å². The topological polar surface area (TPSA) is 42.4 Å². The van der Waals surface area contributed by atoms with Gasteiger partial charge >= 0.3 is 0 Å². The van der Waals surface area contributed by atoms with Gasteiger partial charge in [-0.1, -0.05) is 60.7 Å². The van der Waals surface area contributed by atoms with E-state index in [4.69, 9.17) is 4.74 Å².